The van der Waals surface area contributed by atoms with Crippen molar-refractivity contribution in [2.24, 2.45) is 0 Å². The lowest BCUT2D eigenvalue weighted by atomic mass is 10.2. The van der Waals surface area contributed by atoms with Gasteiger partial charge in [-0.2, -0.15) is 0 Å². The van der Waals surface area contributed by atoms with Gasteiger partial charge in [0.05, 0.1) is 17.6 Å². The van der Waals surface area contributed by atoms with Crippen molar-refractivity contribution in [2.45, 2.75) is 26.3 Å². The van der Waals surface area contributed by atoms with Crippen molar-refractivity contribution in [3.8, 4) is 5.88 Å². The van der Waals surface area contributed by atoms with Crippen molar-refractivity contribution in [3.05, 3.63) is 48.2 Å². The van der Waals surface area contributed by atoms with Crippen LogP contribution in [-0.2, 0) is 6.54 Å². The number of para-hydroxylation sites is 2. The number of unbranched alkanes of at least 4 members (excludes halogenated alkanes) is 1. The first-order chi connectivity index (χ1) is 10.9. The maximum atomic E-state index is 5.74. The maximum Gasteiger partial charge on any atom is 0.218 e. The van der Waals surface area contributed by atoms with E-state index in [4.69, 9.17) is 4.74 Å². The third kappa shape index (κ3) is 3.36. The van der Waals surface area contributed by atoms with Crippen molar-refractivity contribution >= 4 is 17.0 Å². The molecule has 0 bridgehead atoms. The van der Waals surface area contributed by atoms with Gasteiger partial charge >= 0.3 is 0 Å². The molecule has 0 unspecified atom stereocenters. The quantitative estimate of drug-likeness (QED) is 0.652. The lowest BCUT2D eigenvalue weighted by Gasteiger charge is -2.10. The van der Waals surface area contributed by atoms with Crippen molar-refractivity contribution in [1.29, 1.82) is 0 Å². The number of ether oxygens (including phenoxy) is 1. The number of hydrogen-bond donors (Lipinski definition) is 2. The molecule has 0 saturated carbocycles. The predicted molar refractivity (Wildman–Crippen MR) is 88.1 cm³/mol. The molecule has 0 amide bonds. The maximum absolute atomic E-state index is 5.74. The summed E-state index contributed by atoms with van der Waals surface area (Å²) >= 11 is 0. The van der Waals surface area contributed by atoms with E-state index >= 15 is 0 Å². The fourth-order valence-corrected chi connectivity index (χ4v) is 2.22. The van der Waals surface area contributed by atoms with Crippen molar-refractivity contribution in [1.82, 2.24) is 15.0 Å². The average molecular weight is 296 g/mol. The molecule has 0 aliphatic carbocycles. The Bertz CT molecular complexity index is 705. The Labute approximate surface area is 129 Å². The molecule has 2 aromatic heterocycles. The van der Waals surface area contributed by atoms with E-state index in [1.54, 1.807) is 6.20 Å². The molecule has 0 atom stereocenters. The molecule has 0 aliphatic heterocycles. The van der Waals surface area contributed by atoms with Crippen LogP contribution < -0.4 is 10.1 Å². The van der Waals surface area contributed by atoms with Crippen LogP contribution in [0.1, 0.15) is 25.3 Å². The summed E-state index contributed by atoms with van der Waals surface area (Å²) in [5.74, 6) is 1.45. The Morgan fingerprint density at radius 3 is 2.95 bits per heavy atom. The third-order valence-electron chi connectivity index (χ3n) is 3.42. The molecule has 2 heterocycles. The van der Waals surface area contributed by atoms with E-state index in [0.29, 0.717) is 19.0 Å². The van der Waals surface area contributed by atoms with Gasteiger partial charge in [-0.1, -0.05) is 31.5 Å². The van der Waals surface area contributed by atoms with Gasteiger partial charge in [0.1, 0.15) is 0 Å². The number of benzene rings is 1. The van der Waals surface area contributed by atoms with Crippen LogP contribution in [0.3, 0.4) is 0 Å². The predicted octanol–water partition coefficient (Wildman–Crippen LogP) is 3.75. The monoisotopic (exact) mass is 296 g/mol. The highest BCUT2D eigenvalue weighted by molar-refractivity contribution is 5.77. The SMILES string of the molecule is CCCCOc1ncccc1CNc1nc2ccccc2[nH]1. The van der Waals surface area contributed by atoms with Crippen molar-refractivity contribution < 1.29 is 4.74 Å². The van der Waals surface area contributed by atoms with Crippen LogP contribution in [0.5, 0.6) is 5.88 Å². The fraction of sp³-hybridized carbons (Fsp3) is 0.294. The first-order valence-corrected chi connectivity index (χ1v) is 7.62. The number of H-pyrrole nitrogens is 1. The molecule has 0 saturated heterocycles. The zero-order valence-corrected chi connectivity index (χ0v) is 12.7. The molecule has 5 heteroatoms. The van der Waals surface area contributed by atoms with E-state index in [0.717, 1.165) is 35.4 Å². The van der Waals surface area contributed by atoms with Gasteiger partial charge in [-0.05, 0) is 24.6 Å². The summed E-state index contributed by atoms with van der Waals surface area (Å²) < 4.78 is 5.74. The Kier molecular flexibility index (Phi) is 4.53. The molecule has 2 N–H and O–H groups in total. The number of nitrogens with one attached hydrogen (secondary N) is 2. The Hall–Kier alpha value is -2.56. The summed E-state index contributed by atoms with van der Waals surface area (Å²) in [7, 11) is 0. The summed E-state index contributed by atoms with van der Waals surface area (Å²) in [6, 6.07) is 11.9. The van der Waals surface area contributed by atoms with E-state index < -0.39 is 0 Å². The van der Waals surface area contributed by atoms with E-state index in [2.05, 4.69) is 27.2 Å². The Balaban J connectivity index is 1.67. The molecule has 22 heavy (non-hydrogen) atoms. The lowest BCUT2D eigenvalue weighted by Crippen LogP contribution is -2.06. The van der Waals surface area contributed by atoms with Crippen LogP contribution in [0, 0.1) is 0 Å². The lowest BCUT2D eigenvalue weighted by molar-refractivity contribution is 0.295. The van der Waals surface area contributed by atoms with E-state index in [-0.39, 0.29) is 0 Å². The second-order valence-corrected chi connectivity index (χ2v) is 5.13. The topological polar surface area (TPSA) is 62.8 Å². The summed E-state index contributed by atoms with van der Waals surface area (Å²) in [5, 5.41) is 3.29. The minimum Gasteiger partial charge on any atom is -0.477 e. The van der Waals surface area contributed by atoms with Gasteiger partial charge in [0, 0.05) is 18.3 Å². The standard InChI is InChI=1S/C17H20N4O/c1-2-3-11-22-16-13(7-6-10-18-16)12-19-17-20-14-8-4-5-9-15(14)21-17/h4-10H,2-3,11-12H2,1H3,(H2,19,20,21). The fourth-order valence-electron chi connectivity index (χ4n) is 2.22. The van der Waals surface area contributed by atoms with Crippen molar-refractivity contribution in [3.63, 3.8) is 0 Å². The van der Waals surface area contributed by atoms with Gasteiger partial charge in [-0.25, -0.2) is 9.97 Å². The number of fused-ring (bicyclic) bond motifs is 1. The molecule has 0 spiro atoms. The first-order valence-electron chi connectivity index (χ1n) is 7.62. The van der Waals surface area contributed by atoms with Crippen LogP contribution in [0.4, 0.5) is 5.95 Å². The van der Waals surface area contributed by atoms with E-state index in [1.165, 1.54) is 0 Å². The molecule has 0 aliphatic rings. The molecular weight excluding hydrogens is 276 g/mol. The largest absolute Gasteiger partial charge is 0.477 e. The van der Waals surface area contributed by atoms with Gasteiger partial charge in [-0.3, -0.25) is 0 Å². The van der Waals surface area contributed by atoms with Gasteiger partial charge in [0.2, 0.25) is 11.8 Å². The zero-order valence-electron chi connectivity index (χ0n) is 12.7. The average Bonchev–Trinajstić information content (AvgIpc) is 2.97. The van der Waals surface area contributed by atoms with Crippen LogP contribution in [-0.4, -0.2) is 21.6 Å². The number of hydrogen-bond acceptors (Lipinski definition) is 4. The number of rotatable bonds is 7. The molecule has 0 fully saturated rings. The molecule has 114 valence electrons. The van der Waals surface area contributed by atoms with Crippen LogP contribution in [0.2, 0.25) is 0 Å². The van der Waals surface area contributed by atoms with Crippen LogP contribution >= 0.6 is 0 Å². The zero-order chi connectivity index (χ0) is 15.2. The van der Waals surface area contributed by atoms with Gasteiger partial charge < -0.3 is 15.0 Å². The van der Waals surface area contributed by atoms with E-state index in [1.807, 2.05) is 36.4 Å². The molecule has 1 aromatic carbocycles. The first kappa shape index (κ1) is 14.4. The summed E-state index contributed by atoms with van der Waals surface area (Å²) in [5.41, 5.74) is 3.00. The highest BCUT2D eigenvalue weighted by atomic mass is 16.5. The second kappa shape index (κ2) is 6.93. The molecule has 3 rings (SSSR count). The molecular formula is C17H20N4O. The molecule has 5 nitrogen and oxygen atoms in total. The number of pyridine rings is 1. The van der Waals surface area contributed by atoms with Crippen LogP contribution in [0.25, 0.3) is 11.0 Å². The normalized spacial score (nSPS) is 10.8. The van der Waals surface area contributed by atoms with Crippen LogP contribution in [0.15, 0.2) is 42.6 Å². The second-order valence-electron chi connectivity index (χ2n) is 5.13. The molecule has 3 aromatic rings. The highest BCUT2D eigenvalue weighted by Gasteiger charge is 2.06. The number of aromatic amines is 1. The highest BCUT2D eigenvalue weighted by Crippen LogP contribution is 2.18. The number of anilines is 1. The Morgan fingerprint density at radius 1 is 1.18 bits per heavy atom. The number of aromatic nitrogens is 3. The minimum atomic E-state index is 0.620. The minimum absolute atomic E-state index is 0.620. The number of nitrogens with zero attached hydrogens (tertiary/aromatic N) is 2. The summed E-state index contributed by atoms with van der Waals surface area (Å²) in [6.07, 6.45) is 3.90. The molecule has 0 radical (unpaired) electrons. The summed E-state index contributed by atoms with van der Waals surface area (Å²) in [6.45, 7) is 3.46. The van der Waals surface area contributed by atoms with E-state index in [9.17, 15) is 0 Å². The summed E-state index contributed by atoms with van der Waals surface area (Å²) in [4.78, 5) is 12.1. The van der Waals surface area contributed by atoms with Gasteiger partial charge in [0.25, 0.3) is 0 Å². The number of imidazole rings is 1. The Morgan fingerprint density at radius 2 is 2.09 bits per heavy atom. The smallest absolute Gasteiger partial charge is 0.218 e. The third-order valence-corrected chi connectivity index (χ3v) is 3.42. The van der Waals surface area contributed by atoms with Gasteiger partial charge in [0.15, 0.2) is 0 Å². The van der Waals surface area contributed by atoms with Crippen molar-refractivity contribution in [2.75, 3.05) is 11.9 Å². The van der Waals surface area contributed by atoms with Gasteiger partial charge in [-0.15, -0.1) is 0 Å².